The molecule has 4 nitrogen and oxygen atoms in total. The van der Waals surface area contributed by atoms with Crippen LogP contribution in [0.3, 0.4) is 0 Å². The van der Waals surface area contributed by atoms with Gasteiger partial charge >= 0.3 is 0 Å². The largest absolute Gasteiger partial charge is 0.397 e. The maximum Gasteiger partial charge on any atom is 0.263 e. The first kappa shape index (κ1) is 12.8. The first-order valence-corrected chi connectivity index (χ1v) is 6.88. The minimum atomic E-state index is -0.0941. The van der Waals surface area contributed by atoms with Gasteiger partial charge in [-0.25, -0.2) is 4.98 Å². The number of nitrogens with two attached hydrogens (primary N) is 1. The Hall–Kier alpha value is -1.62. The fourth-order valence-electron chi connectivity index (χ4n) is 1.83. The number of hydrogen-bond donors (Lipinski definition) is 2. The molecule has 1 amide bonds. The minimum absolute atomic E-state index is 0.0941. The zero-order valence-electron chi connectivity index (χ0n) is 10.6. The predicted molar refractivity (Wildman–Crippen MR) is 76.0 cm³/mol. The molecule has 0 atom stereocenters. The fraction of sp³-hybridized carbons (Fsp3) is 0.385. The fourth-order valence-corrected chi connectivity index (χ4v) is 2.89. The molecule has 0 fully saturated rings. The van der Waals surface area contributed by atoms with Gasteiger partial charge in [0.1, 0.15) is 9.71 Å². The van der Waals surface area contributed by atoms with Crippen LogP contribution in [0, 0.1) is 6.92 Å². The highest BCUT2D eigenvalue weighted by molar-refractivity contribution is 7.21. The monoisotopic (exact) mass is 263 g/mol. The molecule has 2 aromatic heterocycles. The summed E-state index contributed by atoms with van der Waals surface area (Å²) in [4.78, 5) is 17.7. The van der Waals surface area contributed by atoms with Crippen molar-refractivity contribution < 1.29 is 4.79 Å². The van der Waals surface area contributed by atoms with Crippen LogP contribution in [0.15, 0.2) is 12.3 Å². The van der Waals surface area contributed by atoms with E-state index in [9.17, 15) is 4.79 Å². The molecule has 96 valence electrons. The third-order valence-electron chi connectivity index (χ3n) is 2.86. The van der Waals surface area contributed by atoms with Gasteiger partial charge in [-0.3, -0.25) is 4.79 Å². The van der Waals surface area contributed by atoms with Gasteiger partial charge in [0, 0.05) is 18.1 Å². The van der Waals surface area contributed by atoms with Crippen LogP contribution in [-0.2, 0) is 0 Å². The number of carbonyl (C=O) groups excluding carboxylic acids is 1. The van der Waals surface area contributed by atoms with Crippen molar-refractivity contribution in [2.45, 2.75) is 26.7 Å². The van der Waals surface area contributed by atoms with E-state index in [0.717, 1.165) is 28.6 Å². The SMILES string of the molecule is CCCCNC(=O)c1sc2nccc(C)c2c1N. The first-order valence-electron chi connectivity index (χ1n) is 6.07. The lowest BCUT2D eigenvalue weighted by Crippen LogP contribution is -2.24. The number of pyridine rings is 1. The van der Waals surface area contributed by atoms with Gasteiger partial charge in [0.2, 0.25) is 0 Å². The average Bonchev–Trinajstić information content (AvgIpc) is 2.68. The molecule has 0 unspecified atom stereocenters. The number of nitrogens with zero attached hydrogens (tertiary/aromatic N) is 1. The molecule has 2 heterocycles. The van der Waals surface area contributed by atoms with Crippen molar-refractivity contribution in [3.05, 3.63) is 22.7 Å². The maximum atomic E-state index is 12.0. The minimum Gasteiger partial charge on any atom is -0.397 e. The zero-order chi connectivity index (χ0) is 13.1. The van der Waals surface area contributed by atoms with Crippen LogP contribution in [0.2, 0.25) is 0 Å². The Morgan fingerprint density at radius 2 is 2.33 bits per heavy atom. The molecule has 3 N–H and O–H groups in total. The summed E-state index contributed by atoms with van der Waals surface area (Å²) >= 11 is 1.36. The Labute approximate surface area is 110 Å². The number of anilines is 1. The van der Waals surface area contributed by atoms with Crippen molar-refractivity contribution in [2.75, 3.05) is 12.3 Å². The lowest BCUT2D eigenvalue weighted by molar-refractivity contribution is 0.0958. The number of carbonyl (C=O) groups is 1. The highest BCUT2D eigenvalue weighted by atomic mass is 32.1. The van der Waals surface area contributed by atoms with E-state index in [2.05, 4.69) is 17.2 Å². The van der Waals surface area contributed by atoms with E-state index in [1.165, 1.54) is 11.3 Å². The normalized spacial score (nSPS) is 10.8. The summed E-state index contributed by atoms with van der Waals surface area (Å²) in [6.07, 6.45) is 3.78. The molecule has 0 aliphatic carbocycles. The molecule has 0 saturated carbocycles. The number of hydrogen-bond acceptors (Lipinski definition) is 4. The third kappa shape index (κ3) is 2.31. The second kappa shape index (κ2) is 5.35. The molecule has 0 aliphatic heterocycles. The van der Waals surface area contributed by atoms with Crippen molar-refractivity contribution in [1.82, 2.24) is 10.3 Å². The molecule has 18 heavy (non-hydrogen) atoms. The lowest BCUT2D eigenvalue weighted by Gasteiger charge is -2.02. The number of aryl methyl sites for hydroxylation is 1. The topological polar surface area (TPSA) is 68.0 Å². The molecule has 0 radical (unpaired) electrons. The zero-order valence-corrected chi connectivity index (χ0v) is 11.4. The van der Waals surface area contributed by atoms with Gasteiger partial charge in [-0.05, 0) is 25.0 Å². The Kier molecular flexibility index (Phi) is 3.81. The van der Waals surface area contributed by atoms with E-state index in [1.807, 2.05) is 13.0 Å². The molecule has 0 saturated heterocycles. The summed E-state index contributed by atoms with van der Waals surface area (Å²) in [5.41, 5.74) is 7.66. The number of unbranched alkanes of at least 4 members (excludes halogenated alkanes) is 1. The van der Waals surface area contributed by atoms with Gasteiger partial charge < -0.3 is 11.1 Å². The molecule has 0 bridgehead atoms. The van der Waals surface area contributed by atoms with Crippen LogP contribution in [0.25, 0.3) is 10.2 Å². The van der Waals surface area contributed by atoms with Crippen LogP contribution >= 0.6 is 11.3 Å². The highest BCUT2D eigenvalue weighted by Gasteiger charge is 2.17. The Morgan fingerprint density at radius 3 is 3.00 bits per heavy atom. The summed E-state index contributed by atoms with van der Waals surface area (Å²) in [6, 6.07) is 1.91. The number of thiophene rings is 1. The van der Waals surface area contributed by atoms with E-state index < -0.39 is 0 Å². The number of aromatic nitrogens is 1. The van der Waals surface area contributed by atoms with Crippen molar-refractivity contribution in [1.29, 1.82) is 0 Å². The standard InChI is InChI=1S/C13H17N3OS/c1-3-4-6-15-12(17)11-10(14)9-8(2)5-7-16-13(9)18-11/h5,7H,3-4,6,14H2,1-2H3,(H,15,17). The van der Waals surface area contributed by atoms with Crippen LogP contribution in [0.1, 0.15) is 35.0 Å². The molecular formula is C13H17N3OS. The van der Waals surface area contributed by atoms with Gasteiger partial charge in [0.15, 0.2) is 0 Å². The Bertz CT molecular complexity index is 577. The van der Waals surface area contributed by atoms with E-state index in [1.54, 1.807) is 6.20 Å². The van der Waals surface area contributed by atoms with Gasteiger partial charge in [-0.1, -0.05) is 13.3 Å². The summed E-state index contributed by atoms with van der Waals surface area (Å²) in [5.74, 6) is -0.0941. The van der Waals surface area contributed by atoms with E-state index >= 15 is 0 Å². The van der Waals surface area contributed by atoms with Crippen LogP contribution in [-0.4, -0.2) is 17.4 Å². The maximum absolute atomic E-state index is 12.0. The molecule has 0 aliphatic rings. The average molecular weight is 263 g/mol. The number of amides is 1. The molecule has 2 aromatic rings. The third-order valence-corrected chi connectivity index (χ3v) is 3.97. The van der Waals surface area contributed by atoms with E-state index in [4.69, 9.17) is 5.73 Å². The van der Waals surface area contributed by atoms with Crippen LogP contribution < -0.4 is 11.1 Å². The van der Waals surface area contributed by atoms with Crippen molar-refractivity contribution in [3.8, 4) is 0 Å². The van der Waals surface area contributed by atoms with Crippen molar-refractivity contribution in [3.63, 3.8) is 0 Å². The highest BCUT2D eigenvalue weighted by Crippen LogP contribution is 2.34. The summed E-state index contributed by atoms with van der Waals surface area (Å²) in [5, 5.41) is 3.79. The van der Waals surface area contributed by atoms with E-state index in [0.29, 0.717) is 17.1 Å². The smallest absolute Gasteiger partial charge is 0.263 e. The Morgan fingerprint density at radius 1 is 1.56 bits per heavy atom. The van der Waals surface area contributed by atoms with Gasteiger partial charge in [0.05, 0.1) is 5.69 Å². The van der Waals surface area contributed by atoms with Crippen molar-refractivity contribution >= 4 is 33.1 Å². The second-order valence-electron chi connectivity index (χ2n) is 4.26. The molecule has 5 heteroatoms. The predicted octanol–water partition coefficient (Wildman–Crippen LogP) is 2.72. The second-order valence-corrected chi connectivity index (χ2v) is 5.26. The number of fused-ring (bicyclic) bond motifs is 1. The van der Waals surface area contributed by atoms with Crippen LogP contribution in [0.4, 0.5) is 5.69 Å². The molecule has 2 rings (SSSR count). The summed E-state index contributed by atoms with van der Waals surface area (Å²) < 4.78 is 0. The van der Waals surface area contributed by atoms with E-state index in [-0.39, 0.29) is 5.91 Å². The molecule has 0 aromatic carbocycles. The van der Waals surface area contributed by atoms with Gasteiger partial charge in [-0.2, -0.15) is 0 Å². The van der Waals surface area contributed by atoms with Gasteiger partial charge in [-0.15, -0.1) is 11.3 Å². The number of nitrogen functional groups attached to an aromatic ring is 1. The van der Waals surface area contributed by atoms with Crippen LogP contribution in [0.5, 0.6) is 0 Å². The number of nitrogens with one attached hydrogen (secondary N) is 1. The quantitative estimate of drug-likeness (QED) is 0.833. The summed E-state index contributed by atoms with van der Waals surface area (Å²) in [6.45, 7) is 4.76. The summed E-state index contributed by atoms with van der Waals surface area (Å²) in [7, 11) is 0. The van der Waals surface area contributed by atoms with Gasteiger partial charge in [0.25, 0.3) is 5.91 Å². The lowest BCUT2D eigenvalue weighted by atomic mass is 10.2. The Balaban J connectivity index is 2.31. The number of rotatable bonds is 4. The molecular weight excluding hydrogens is 246 g/mol. The van der Waals surface area contributed by atoms with Crippen molar-refractivity contribution in [2.24, 2.45) is 0 Å². The first-order chi connectivity index (χ1) is 8.65. The molecule has 0 spiro atoms.